The van der Waals surface area contributed by atoms with Gasteiger partial charge in [-0.3, -0.25) is 9.59 Å². The Balaban J connectivity index is 2.06. The van der Waals surface area contributed by atoms with Gasteiger partial charge >= 0.3 is 5.97 Å². The molecule has 1 fully saturated rings. The fraction of sp³-hybridized carbons (Fsp3) is 0.478. The van der Waals surface area contributed by atoms with Crippen LogP contribution in [0.1, 0.15) is 50.4 Å². The standard InChI is InChI=1S/C23H30N2O7/c1-4-30-20-12-17(23(29)32-13-18(27)22(15(2)24)16(3)26)8-9-19(20)31-14-21(28)25-10-6-5-7-11-25/h8-9,12,24,27H,4-7,10-11,13-14H2,1-3H3/b22-18-,24-15?. The van der Waals surface area contributed by atoms with Gasteiger partial charge in [0.05, 0.1) is 17.7 Å². The molecule has 2 rings (SSSR count). The summed E-state index contributed by atoms with van der Waals surface area (Å²) in [5, 5.41) is 17.6. The average Bonchev–Trinajstić information content (AvgIpc) is 2.76. The first-order valence-electron chi connectivity index (χ1n) is 10.6. The second-order valence-electron chi connectivity index (χ2n) is 7.40. The van der Waals surface area contributed by atoms with Crippen LogP contribution >= 0.6 is 0 Å². The summed E-state index contributed by atoms with van der Waals surface area (Å²) in [4.78, 5) is 38.1. The zero-order valence-corrected chi connectivity index (χ0v) is 18.7. The number of ether oxygens (including phenoxy) is 3. The highest BCUT2D eigenvalue weighted by molar-refractivity contribution is 6.20. The number of nitrogens with zero attached hydrogens (tertiary/aromatic N) is 1. The number of Topliss-reactive ketones (excluding diaryl/α,β-unsaturated/α-hetero) is 1. The van der Waals surface area contributed by atoms with Crippen LogP contribution < -0.4 is 9.47 Å². The smallest absolute Gasteiger partial charge is 0.338 e. The quantitative estimate of drug-likeness (QED) is 0.245. The van der Waals surface area contributed by atoms with Crippen LogP contribution in [0.5, 0.6) is 11.5 Å². The van der Waals surface area contributed by atoms with Gasteiger partial charge in [0.25, 0.3) is 5.91 Å². The second-order valence-corrected chi connectivity index (χ2v) is 7.40. The first kappa shape index (κ1) is 24.9. The lowest BCUT2D eigenvalue weighted by atomic mass is 10.1. The van der Waals surface area contributed by atoms with Gasteiger partial charge in [-0.05, 0) is 58.2 Å². The van der Waals surface area contributed by atoms with E-state index in [2.05, 4.69) is 0 Å². The summed E-state index contributed by atoms with van der Waals surface area (Å²) in [5.41, 5.74) is -0.160. The highest BCUT2D eigenvalue weighted by Gasteiger charge is 2.20. The number of ketones is 1. The summed E-state index contributed by atoms with van der Waals surface area (Å²) in [5.74, 6) is -1.22. The molecule has 0 aromatic heterocycles. The molecule has 1 heterocycles. The Morgan fingerprint density at radius 3 is 2.31 bits per heavy atom. The Kier molecular flexibility index (Phi) is 9.24. The lowest BCUT2D eigenvalue weighted by Gasteiger charge is -2.26. The molecule has 1 aliphatic heterocycles. The zero-order valence-electron chi connectivity index (χ0n) is 18.7. The maximum atomic E-state index is 12.4. The van der Waals surface area contributed by atoms with E-state index in [0.29, 0.717) is 12.4 Å². The number of amides is 1. The van der Waals surface area contributed by atoms with Crippen molar-refractivity contribution in [3.05, 3.63) is 35.1 Å². The van der Waals surface area contributed by atoms with E-state index in [9.17, 15) is 19.5 Å². The van der Waals surface area contributed by atoms with Crippen LogP contribution in [0, 0.1) is 5.41 Å². The Labute approximate surface area is 187 Å². The minimum absolute atomic E-state index is 0.0966. The van der Waals surface area contributed by atoms with Crippen molar-refractivity contribution in [1.29, 1.82) is 5.41 Å². The number of likely N-dealkylation sites (tertiary alicyclic amines) is 1. The van der Waals surface area contributed by atoms with Gasteiger partial charge in [0.2, 0.25) is 0 Å². The number of nitrogens with one attached hydrogen (secondary N) is 1. The van der Waals surface area contributed by atoms with Gasteiger partial charge in [0, 0.05) is 18.8 Å². The van der Waals surface area contributed by atoms with Crippen LogP contribution in [0.15, 0.2) is 29.5 Å². The topological polar surface area (TPSA) is 126 Å². The number of esters is 1. The summed E-state index contributed by atoms with van der Waals surface area (Å²) < 4.78 is 16.3. The monoisotopic (exact) mass is 446 g/mol. The maximum absolute atomic E-state index is 12.4. The normalized spacial score (nSPS) is 14.3. The molecule has 174 valence electrons. The van der Waals surface area contributed by atoms with Gasteiger partial charge in [0.15, 0.2) is 23.9 Å². The molecule has 1 aromatic carbocycles. The number of aliphatic hydroxyl groups excluding tert-OH is 1. The molecule has 0 bridgehead atoms. The van der Waals surface area contributed by atoms with E-state index < -0.39 is 24.1 Å². The lowest BCUT2D eigenvalue weighted by molar-refractivity contribution is -0.134. The van der Waals surface area contributed by atoms with Crippen LogP contribution in [0.4, 0.5) is 0 Å². The largest absolute Gasteiger partial charge is 0.508 e. The summed E-state index contributed by atoms with van der Waals surface area (Å²) in [6.07, 6.45) is 3.11. The Morgan fingerprint density at radius 2 is 1.72 bits per heavy atom. The first-order chi connectivity index (χ1) is 15.2. The maximum Gasteiger partial charge on any atom is 0.338 e. The molecular formula is C23H30N2O7. The van der Waals surface area contributed by atoms with E-state index in [-0.39, 0.29) is 35.1 Å². The van der Waals surface area contributed by atoms with Crippen molar-refractivity contribution in [1.82, 2.24) is 4.90 Å². The number of carbonyl (C=O) groups excluding carboxylic acids is 3. The predicted octanol–water partition coefficient (Wildman–Crippen LogP) is 3.07. The molecular weight excluding hydrogens is 416 g/mol. The highest BCUT2D eigenvalue weighted by atomic mass is 16.5. The van der Waals surface area contributed by atoms with Gasteiger partial charge in [-0.2, -0.15) is 0 Å². The van der Waals surface area contributed by atoms with Crippen molar-refractivity contribution >= 4 is 23.4 Å². The molecule has 9 heteroatoms. The predicted molar refractivity (Wildman–Crippen MR) is 118 cm³/mol. The lowest BCUT2D eigenvalue weighted by Crippen LogP contribution is -2.38. The number of allylic oxidation sites excluding steroid dienone is 1. The van der Waals surface area contributed by atoms with Crippen molar-refractivity contribution in [3.8, 4) is 11.5 Å². The molecule has 2 N–H and O–H groups in total. The van der Waals surface area contributed by atoms with Gasteiger partial charge in [0.1, 0.15) is 12.4 Å². The summed E-state index contributed by atoms with van der Waals surface area (Å²) in [7, 11) is 0. The third-order valence-corrected chi connectivity index (χ3v) is 4.89. The zero-order chi connectivity index (χ0) is 23.7. The summed E-state index contributed by atoms with van der Waals surface area (Å²) in [6, 6.07) is 4.41. The number of piperidine rings is 1. The van der Waals surface area contributed by atoms with E-state index in [0.717, 1.165) is 32.4 Å². The molecule has 9 nitrogen and oxygen atoms in total. The molecule has 0 unspecified atom stereocenters. The Morgan fingerprint density at radius 1 is 1.03 bits per heavy atom. The number of aliphatic hydroxyl groups is 1. The van der Waals surface area contributed by atoms with Crippen LogP contribution in [0.2, 0.25) is 0 Å². The van der Waals surface area contributed by atoms with Gasteiger partial charge in [-0.1, -0.05) is 0 Å². The van der Waals surface area contributed by atoms with Crippen LogP contribution in [0.3, 0.4) is 0 Å². The van der Waals surface area contributed by atoms with Crippen molar-refractivity contribution in [2.75, 3.05) is 32.9 Å². The fourth-order valence-corrected chi connectivity index (χ4v) is 3.37. The Bertz CT molecular complexity index is 886. The van der Waals surface area contributed by atoms with E-state index in [1.54, 1.807) is 11.8 Å². The molecule has 0 spiro atoms. The van der Waals surface area contributed by atoms with Gasteiger partial charge < -0.3 is 29.6 Å². The second kappa shape index (κ2) is 11.9. The first-order valence-corrected chi connectivity index (χ1v) is 10.6. The SMILES string of the molecule is CCOc1cc(C(=O)OC/C(O)=C(\C(C)=N)C(C)=O)ccc1OCC(=O)N1CCCCC1. The summed E-state index contributed by atoms with van der Waals surface area (Å²) in [6.45, 7) is 5.46. The third kappa shape index (κ3) is 6.83. The van der Waals surface area contributed by atoms with Crippen LogP contribution in [0.25, 0.3) is 0 Å². The van der Waals surface area contributed by atoms with Crippen LogP contribution in [-0.4, -0.2) is 66.3 Å². The van der Waals surface area contributed by atoms with Crippen molar-refractivity contribution in [2.24, 2.45) is 0 Å². The number of carbonyl (C=O) groups is 3. The molecule has 0 aliphatic carbocycles. The fourth-order valence-electron chi connectivity index (χ4n) is 3.37. The number of benzene rings is 1. The van der Waals surface area contributed by atoms with E-state index >= 15 is 0 Å². The molecule has 0 radical (unpaired) electrons. The van der Waals surface area contributed by atoms with Crippen molar-refractivity contribution in [2.45, 2.75) is 40.0 Å². The molecule has 0 atom stereocenters. The Hall–Kier alpha value is -3.36. The summed E-state index contributed by atoms with van der Waals surface area (Å²) >= 11 is 0. The molecule has 0 saturated carbocycles. The number of hydrogen-bond donors (Lipinski definition) is 2. The molecule has 1 amide bonds. The number of hydrogen-bond acceptors (Lipinski definition) is 8. The minimum atomic E-state index is -0.751. The van der Waals surface area contributed by atoms with Crippen molar-refractivity contribution < 1.29 is 33.7 Å². The minimum Gasteiger partial charge on any atom is -0.508 e. The van der Waals surface area contributed by atoms with Crippen LogP contribution in [-0.2, 0) is 14.3 Å². The van der Waals surface area contributed by atoms with Gasteiger partial charge in [-0.25, -0.2) is 4.79 Å². The van der Waals surface area contributed by atoms with E-state index in [4.69, 9.17) is 19.6 Å². The van der Waals surface area contributed by atoms with E-state index in [1.165, 1.54) is 32.0 Å². The molecule has 32 heavy (non-hydrogen) atoms. The van der Waals surface area contributed by atoms with E-state index in [1.807, 2.05) is 0 Å². The third-order valence-electron chi connectivity index (χ3n) is 4.89. The molecule has 1 saturated heterocycles. The average molecular weight is 447 g/mol. The van der Waals surface area contributed by atoms with Gasteiger partial charge in [-0.15, -0.1) is 0 Å². The molecule has 1 aromatic rings. The van der Waals surface area contributed by atoms with Crippen molar-refractivity contribution in [3.63, 3.8) is 0 Å². The molecule has 1 aliphatic rings. The number of rotatable bonds is 10. The highest BCUT2D eigenvalue weighted by Crippen LogP contribution is 2.29.